The summed E-state index contributed by atoms with van der Waals surface area (Å²) in [6.45, 7) is 0.219. The minimum absolute atomic E-state index is 0.0426. The number of rotatable bonds is 7. The maximum absolute atomic E-state index is 13.4. The molecule has 1 unspecified atom stereocenters. The summed E-state index contributed by atoms with van der Waals surface area (Å²) < 4.78 is 6.29. The SMILES string of the molecule is O=C1[C@H](C[C@@H](O)CO)O[C@H](c2cccc(Cl)c2)C(c2ccc(Cl)cc2)N1CC1CC1. The highest BCUT2D eigenvalue weighted by molar-refractivity contribution is 6.30. The molecule has 2 aliphatic rings. The van der Waals surface area contributed by atoms with E-state index in [0.717, 1.165) is 24.0 Å². The van der Waals surface area contributed by atoms with E-state index in [1.807, 2.05) is 47.4 Å². The molecule has 4 atom stereocenters. The summed E-state index contributed by atoms with van der Waals surface area (Å²) in [7, 11) is 0. The van der Waals surface area contributed by atoms with Crippen LogP contribution in [0, 0.1) is 5.92 Å². The molecule has 0 bridgehead atoms. The molecule has 30 heavy (non-hydrogen) atoms. The van der Waals surface area contributed by atoms with E-state index in [2.05, 4.69) is 0 Å². The molecule has 2 fully saturated rings. The third-order valence-corrected chi connectivity index (χ3v) is 6.22. The zero-order chi connectivity index (χ0) is 21.3. The fourth-order valence-corrected chi connectivity index (χ4v) is 4.34. The topological polar surface area (TPSA) is 70.0 Å². The molecule has 1 amide bonds. The summed E-state index contributed by atoms with van der Waals surface area (Å²) in [4.78, 5) is 15.3. The third kappa shape index (κ3) is 4.82. The van der Waals surface area contributed by atoms with Gasteiger partial charge in [0.15, 0.2) is 0 Å². The van der Waals surface area contributed by atoms with Crippen LogP contribution in [0.25, 0.3) is 0 Å². The molecule has 5 nitrogen and oxygen atoms in total. The Hall–Kier alpha value is -1.63. The van der Waals surface area contributed by atoms with Crippen molar-refractivity contribution in [1.29, 1.82) is 0 Å². The summed E-state index contributed by atoms with van der Waals surface area (Å²) in [5.74, 6) is 0.318. The smallest absolute Gasteiger partial charge is 0.252 e. The average Bonchev–Trinajstić information content (AvgIpc) is 3.55. The Kier molecular flexibility index (Phi) is 6.66. The van der Waals surface area contributed by atoms with E-state index >= 15 is 0 Å². The molecule has 2 aromatic carbocycles. The van der Waals surface area contributed by atoms with E-state index in [-0.39, 0.29) is 18.4 Å². The maximum atomic E-state index is 13.4. The number of hydrogen-bond acceptors (Lipinski definition) is 4. The first-order valence-electron chi connectivity index (χ1n) is 10.2. The number of aliphatic hydroxyl groups is 2. The van der Waals surface area contributed by atoms with Crippen molar-refractivity contribution in [2.24, 2.45) is 5.92 Å². The van der Waals surface area contributed by atoms with Crippen LogP contribution in [0.3, 0.4) is 0 Å². The van der Waals surface area contributed by atoms with Gasteiger partial charge in [-0.1, -0.05) is 47.5 Å². The van der Waals surface area contributed by atoms with Gasteiger partial charge < -0.3 is 19.8 Å². The minimum atomic E-state index is -1.02. The van der Waals surface area contributed by atoms with Crippen molar-refractivity contribution < 1.29 is 19.7 Å². The van der Waals surface area contributed by atoms with E-state index < -0.39 is 24.9 Å². The molecule has 0 aromatic heterocycles. The van der Waals surface area contributed by atoms with Crippen molar-refractivity contribution in [2.75, 3.05) is 13.2 Å². The molecule has 1 aliphatic carbocycles. The molecule has 160 valence electrons. The second kappa shape index (κ2) is 9.25. The van der Waals surface area contributed by atoms with Gasteiger partial charge in [0.1, 0.15) is 12.2 Å². The first-order chi connectivity index (χ1) is 14.5. The highest BCUT2D eigenvalue weighted by atomic mass is 35.5. The summed E-state index contributed by atoms with van der Waals surface area (Å²) in [6, 6.07) is 14.6. The molecule has 1 saturated heterocycles. The van der Waals surface area contributed by atoms with Gasteiger partial charge in [0.05, 0.1) is 18.8 Å². The molecule has 1 aliphatic heterocycles. The monoisotopic (exact) mass is 449 g/mol. The van der Waals surface area contributed by atoms with Crippen LogP contribution in [-0.2, 0) is 9.53 Å². The quantitative estimate of drug-likeness (QED) is 0.665. The van der Waals surface area contributed by atoms with Crippen LogP contribution >= 0.6 is 23.2 Å². The number of benzene rings is 2. The molecular weight excluding hydrogens is 425 g/mol. The van der Waals surface area contributed by atoms with Crippen LogP contribution < -0.4 is 0 Å². The normalized spacial score (nSPS) is 25.4. The molecule has 2 N–H and O–H groups in total. The largest absolute Gasteiger partial charge is 0.394 e. The molecule has 1 saturated carbocycles. The van der Waals surface area contributed by atoms with Gasteiger partial charge in [-0.05, 0) is 54.2 Å². The van der Waals surface area contributed by atoms with E-state index in [4.69, 9.17) is 27.9 Å². The lowest BCUT2D eigenvalue weighted by Crippen LogP contribution is -2.52. The van der Waals surface area contributed by atoms with E-state index in [0.29, 0.717) is 22.5 Å². The Morgan fingerprint density at radius 2 is 1.80 bits per heavy atom. The van der Waals surface area contributed by atoms with Gasteiger partial charge in [0.25, 0.3) is 5.91 Å². The first-order valence-corrected chi connectivity index (χ1v) is 11.0. The van der Waals surface area contributed by atoms with Crippen LogP contribution in [0.1, 0.15) is 42.5 Å². The van der Waals surface area contributed by atoms with Crippen molar-refractivity contribution >= 4 is 29.1 Å². The molecular formula is C23H25Cl2NO4. The van der Waals surface area contributed by atoms with E-state index in [1.165, 1.54) is 0 Å². The molecule has 1 heterocycles. The van der Waals surface area contributed by atoms with Crippen molar-refractivity contribution in [3.05, 3.63) is 69.7 Å². The number of hydrogen-bond donors (Lipinski definition) is 2. The Labute approximate surface area is 186 Å². The summed E-state index contributed by atoms with van der Waals surface area (Å²) >= 11 is 12.4. The lowest BCUT2D eigenvalue weighted by Gasteiger charge is -2.45. The summed E-state index contributed by atoms with van der Waals surface area (Å²) in [6.07, 6.45) is -0.0709. The van der Waals surface area contributed by atoms with Crippen LogP contribution in [0.2, 0.25) is 10.0 Å². The lowest BCUT2D eigenvalue weighted by molar-refractivity contribution is -0.179. The number of ether oxygens (including phenoxy) is 1. The molecule has 0 radical (unpaired) electrons. The van der Waals surface area contributed by atoms with E-state index in [9.17, 15) is 15.0 Å². The van der Waals surface area contributed by atoms with Crippen molar-refractivity contribution in [3.8, 4) is 0 Å². The minimum Gasteiger partial charge on any atom is -0.394 e. The molecule has 0 spiro atoms. The van der Waals surface area contributed by atoms with Gasteiger partial charge in [-0.15, -0.1) is 0 Å². The van der Waals surface area contributed by atoms with Gasteiger partial charge in [-0.2, -0.15) is 0 Å². The van der Waals surface area contributed by atoms with Gasteiger partial charge in [0.2, 0.25) is 0 Å². The number of aliphatic hydroxyl groups excluding tert-OH is 2. The number of carbonyl (C=O) groups is 1. The van der Waals surface area contributed by atoms with Crippen LogP contribution in [-0.4, -0.2) is 46.4 Å². The van der Waals surface area contributed by atoms with Crippen LogP contribution in [0.4, 0.5) is 0 Å². The van der Waals surface area contributed by atoms with Gasteiger partial charge in [-0.25, -0.2) is 0 Å². The zero-order valence-corrected chi connectivity index (χ0v) is 18.0. The Balaban J connectivity index is 1.76. The Morgan fingerprint density at radius 3 is 2.43 bits per heavy atom. The number of amides is 1. The summed E-state index contributed by atoms with van der Waals surface area (Å²) in [5, 5.41) is 20.5. The van der Waals surface area contributed by atoms with Gasteiger partial charge >= 0.3 is 0 Å². The number of halogens is 2. The van der Waals surface area contributed by atoms with E-state index in [1.54, 1.807) is 6.07 Å². The Bertz CT molecular complexity index is 887. The standard InChI is InChI=1S/C23H25Cl2NO4/c24-17-8-6-15(7-9-17)21-22(16-2-1-3-18(25)10-16)30-20(11-19(28)13-27)23(29)26(21)12-14-4-5-14/h1-3,6-10,14,19-22,27-28H,4-5,11-13H2/t19-,20+,21?,22-/m1/s1. The van der Waals surface area contributed by atoms with Crippen LogP contribution in [0.15, 0.2) is 48.5 Å². The third-order valence-electron chi connectivity index (χ3n) is 5.73. The predicted octanol–water partition coefficient (Wildman–Crippen LogP) is 4.16. The lowest BCUT2D eigenvalue weighted by atomic mass is 9.90. The van der Waals surface area contributed by atoms with Gasteiger partial charge in [-0.3, -0.25) is 4.79 Å². The van der Waals surface area contributed by atoms with Crippen molar-refractivity contribution in [3.63, 3.8) is 0 Å². The number of carbonyl (C=O) groups excluding carboxylic acids is 1. The maximum Gasteiger partial charge on any atom is 0.252 e. The summed E-state index contributed by atoms with van der Waals surface area (Å²) in [5.41, 5.74) is 1.79. The fraction of sp³-hybridized carbons (Fsp3) is 0.435. The average molecular weight is 450 g/mol. The fourth-order valence-electron chi connectivity index (χ4n) is 4.01. The van der Waals surface area contributed by atoms with Crippen LogP contribution in [0.5, 0.6) is 0 Å². The van der Waals surface area contributed by atoms with Crippen molar-refractivity contribution in [1.82, 2.24) is 4.90 Å². The first kappa shape index (κ1) is 21.6. The zero-order valence-electron chi connectivity index (χ0n) is 16.5. The second-order valence-electron chi connectivity index (χ2n) is 8.10. The number of nitrogens with zero attached hydrogens (tertiary/aromatic N) is 1. The molecule has 4 rings (SSSR count). The van der Waals surface area contributed by atoms with Crippen molar-refractivity contribution in [2.45, 2.75) is 43.6 Å². The second-order valence-corrected chi connectivity index (χ2v) is 8.98. The molecule has 2 aromatic rings. The Morgan fingerprint density at radius 1 is 1.07 bits per heavy atom. The predicted molar refractivity (Wildman–Crippen MR) is 115 cm³/mol. The van der Waals surface area contributed by atoms with Gasteiger partial charge in [0, 0.05) is 23.0 Å². The highest BCUT2D eigenvalue weighted by Gasteiger charge is 2.46. The highest BCUT2D eigenvalue weighted by Crippen LogP contribution is 2.45. The molecule has 7 heteroatoms. The number of morpholine rings is 1.